The fraction of sp³-hybridized carbons (Fsp3) is 0.471. The van der Waals surface area contributed by atoms with Crippen molar-refractivity contribution >= 4 is 18.0 Å². The Balaban J connectivity index is 1.93. The van der Waals surface area contributed by atoms with Gasteiger partial charge in [0.25, 0.3) is 0 Å². The molecule has 130 valence electrons. The Morgan fingerprint density at radius 2 is 2.08 bits per heavy atom. The quantitative estimate of drug-likeness (QED) is 0.393. The number of methoxy groups -OCH3 is 1. The molecule has 2 rings (SSSR count). The summed E-state index contributed by atoms with van der Waals surface area (Å²) in [6.07, 6.45) is 0.784. The summed E-state index contributed by atoms with van der Waals surface area (Å²) < 4.78 is 13.1. The van der Waals surface area contributed by atoms with Gasteiger partial charge in [-0.25, -0.2) is 0 Å². The summed E-state index contributed by atoms with van der Waals surface area (Å²) in [6.45, 7) is 7.68. The number of aromatic nitrogens is 3. The van der Waals surface area contributed by atoms with E-state index >= 15 is 0 Å². The highest BCUT2D eigenvalue weighted by molar-refractivity contribution is 7.99. The van der Waals surface area contributed by atoms with E-state index in [-0.39, 0.29) is 0 Å². The first-order valence-corrected chi connectivity index (χ1v) is 8.91. The lowest BCUT2D eigenvalue weighted by molar-refractivity contribution is 0.112. The van der Waals surface area contributed by atoms with E-state index in [1.54, 1.807) is 37.1 Å². The number of carbonyl (C=O) groups excluding carboxylic acids is 1. The highest BCUT2D eigenvalue weighted by Crippen LogP contribution is 2.28. The molecular weight excluding hydrogens is 326 g/mol. The number of aldehydes is 1. The van der Waals surface area contributed by atoms with Crippen LogP contribution in [0.25, 0.3) is 0 Å². The molecular formula is C17H23N3O3S. The van der Waals surface area contributed by atoms with E-state index in [1.807, 2.05) is 0 Å². The molecule has 1 heterocycles. The molecule has 2 aromatic rings. The van der Waals surface area contributed by atoms with Crippen LogP contribution in [-0.4, -0.2) is 40.5 Å². The third-order valence-electron chi connectivity index (χ3n) is 3.47. The molecule has 24 heavy (non-hydrogen) atoms. The van der Waals surface area contributed by atoms with Crippen molar-refractivity contribution in [1.29, 1.82) is 0 Å². The number of nitrogens with zero attached hydrogens (tertiary/aromatic N) is 3. The second-order valence-electron chi connectivity index (χ2n) is 5.46. The van der Waals surface area contributed by atoms with Crippen LogP contribution in [0.15, 0.2) is 23.4 Å². The van der Waals surface area contributed by atoms with E-state index < -0.39 is 0 Å². The molecule has 1 aromatic carbocycles. The van der Waals surface area contributed by atoms with Gasteiger partial charge in [0.15, 0.2) is 16.7 Å². The topological polar surface area (TPSA) is 66.2 Å². The lowest BCUT2D eigenvalue weighted by Crippen LogP contribution is -2.06. The van der Waals surface area contributed by atoms with Gasteiger partial charge in [-0.3, -0.25) is 4.79 Å². The van der Waals surface area contributed by atoms with E-state index in [2.05, 4.69) is 35.5 Å². The van der Waals surface area contributed by atoms with Gasteiger partial charge in [-0.15, -0.1) is 10.2 Å². The summed E-state index contributed by atoms with van der Waals surface area (Å²) in [4.78, 5) is 10.8. The number of hydrogen-bond donors (Lipinski definition) is 0. The van der Waals surface area contributed by atoms with Gasteiger partial charge in [-0.05, 0) is 25.1 Å². The van der Waals surface area contributed by atoms with Crippen molar-refractivity contribution in [2.24, 2.45) is 0 Å². The highest BCUT2D eigenvalue weighted by Gasteiger charge is 2.14. The van der Waals surface area contributed by atoms with Crippen LogP contribution in [0, 0.1) is 0 Å². The lowest BCUT2D eigenvalue weighted by atomic mass is 10.2. The van der Waals surface area contributed by atoms with Crippen LogP contribution in [0.4, 0.5) is 0 Å². The van der Waals surface area contributed by atoms with Gasteiger partial charge < -0.3 is 14.0 Å². The van der Waals surface area contributed by atoms with E-state index in [0.29, 0.717) is 29.6 Å². The first kappa shape index (κ1) is 18.3. The minimum Gasteiger partial charge on any atom is -0.493 e. The van der Waals surface area contributed by atoms with Crippen molar-refractivity contribution in [2.45, 2.75) is 38.4 Å². The van der Waals surface area contributed by atoms with Gasteiger partial charge in [0.2, 0.25) is 0 Å². The van der Waals surface area contributed by atoms with Gasteiger partial charge in [-0.2, -0.15) is 0 Å². The number of thioether (sulfide) groups is 1. The zero-order valence-corrected chi connectivity index (χ0v) is 15.3. The molecule has 0 radical (unpaired) electrons. The minimum absolute atomic E-state index is 0.351. The van der Waals surface area contributed by atoms with Crippen molar-refractivity contribution in [1.82, 2.24) is 14.8 Å². The Hall–Kier alpha value is -2.02. The van der Waals surface area contributed by atoms with Gasteiger partial charge in [-0.1, -0.05) is 25.6 Å². The minimum atomic E-state index is 0.351. The summed E-state index contributed by atoms with van der Waals surface area (Å²) in [5.74, 6) is 3.29. The second-order valence-corrected chi connectivity index (χ2v) is 6.53. The summed E-state index contributed by atoms with van der Waals surface area (Å²) in [5, 5.41) is 9.44. The van der Waals surface area contributed by atoms with Crippen molar-refractivity contribution in [3.63, 3.8) is 0 Å². The van der Waals surface area contributed by atoms with E-state index in [0.717, 1.165) is 29.6 Å². The third kappa shape index (κ3) is 4.29. The van der Waals surface area contributed by atoms with Crippen molar-refractivity contribution < 1.29 is 14.3 Å². The van der Waals surface area contributed by atoms with Crippen molar-refractivity contribution in [2.75, 3.05) is 19.5 Å². The van der Waals surface area contributed by atoms with Crippen LogP contribution in [-0.2, 0) is 6.54 Å². The number of ether oxygens (including phenoxy) is 2. The second kappa shape index (κ2) is 8.73. The average Bonchev–Trinajstić information content (AvgIpc) is 3.01. The molecule has 0 aliphatic heterocycles. The van der Waals surface area contributed by atoms with Gasteiger partial charge in [0, 0.05) is 23.8 Å². The molecule has 0 amide bonds. The molecule has 0 fully saturated rings. The number of rotatable bonds is 9. The predicted octanol–water partition coefficient (Wildman–Crippen LogP) is 3.41. The van der Waals surface area contributed by atoms with Crippen LogP contribution in [0.3, 0.4) is 0 Å². The molecule has 0 bridgehead atoms. The highest BCUT2D eigenvalue weighted by atomic mass is 32.2. The zero-order valence-electron chi connectivity index (χ0n) is 14.5. The summed E-state index contributed by atoms with van der Waals surface area (Å²) >= 11 is 1.62. The molecule has 0 aliphatic carbocycles. The summed E-state index contributed by atoms with van der Waals surface area (Å²) in [5.41, 5.74) is 0.561. The fourth-order valence-corrected chi connectivity index (χ4v) is 3.12. The Morgan fingerprint density at radius 1 is 1.29 bits per heavy atom. The van der Waals surface area contributed by atoms with Gasteiger partial charge >= 0.3 is 0 Å². The molecule has 0 spiro atoms. The Kier molecular flexibility index (Phi) is 6.66. The molecule has 7 heteroatoms. The number of carbonyl (C=O) groups is 1. The SMILES string of the molecule is CCn1c(SCCOc2ccc(C=O)cc2OC)nnc1C(C)C. The first-order chi connectivity index (χ1) is 11.6. The van der Waals surface area contributed by atoms with E-state index in [1.165, 1.54) is 0 Å². The van der Waals surface area contributed by atoms with Crippen LogP contribution in [0.1, 0.15) is 42.9 Å². The van der Waals surface area contributed by atoms with Crippen LogP contribution < -0.4 is 9.47 Å². The van der Waals surface area contributed by atoms with Crippen LogP contribution in [0.2, 0.25) is 0 Å². The number of hydrogen-bond acceptors (Lipinski definition) is 6. The molecule has 0 N–H and O–H groups in total. The fourth-order valence-electron chi connectivity index (χ4n) is 2.29. The monoisotopic (exact) mass is 349 g/mol. The molecule has 0 saturated heterocycles. The lowest BCUT2D eigenvalue weighted by Gasteiger charge is -2.11. The molecule has 6 nitrogen and oxygen atoms in total. The largest absolute Gasteiger partial charge is 0.493 e. The maximum absolute atomic E-state index is 10.8. The van der Waals surface area contributed by atoms with E-state index in [4.69, 9.17) is 9.47 Å². The van der Waals surface area contributed by atoms with Gasteiger partial charge in [0.05, 0.1) is 13.7 Å². The molecule has 0 unspecified atom stereocenters. The normalized spacial score (nSPS) is 10.9. The Bertz CT molecular complexity index is 686. The molecule has 0 saturated carbocycles. The standard InChI is InChI=1S/C17H23N3O3S/c1-5-20-16(12(2)3)18-19-17(20)24-9-8-23-14-7-6-13(11-21)10-15(14)22-4/h6-7,10-12H,5,8-9H2,1-4H3. The van der Waals surface area contributed by atoms with Crippen LogP contribution in [0.5, 0.6) is 11.5 Å². The molecule has 1 aromatic heterocycles. The Labute approximate surface area is 146 Å². The predicted molar refractivity (Wildman–Crippen MR) is 94.4 cm³/mol. The first-order valence-electron chi connectivity index (χ1n) is 7.92. The smallest absolute Gasteiger partial charge is 0.191 e. The maximum atomic E-state index is 10.8. The maximum Gasteiger partial charge on any atom is 0.191 e. The van der Waals surface area contributed by atoms with Gasteiger partial charge in [0.1, 0.15) is 12.1 Å². The van der Waals surface area contributed by atoms with Crippen molar-refractivity contribution in [3.8, 4) is 11.5 Å². The average molecular weight is 349 g/mol. The van der Waals surface area contributed by atoms with Crippen LogP contribution >= 0.6 is 11.8 Å². The van der Waals surface area contributed by atoms with E-state index in [9.17, 15) is 4.79 Å². The molecule has 0 atom stereocenters. The summed E-state index contributed by atoms with van der Waals surface area (Å²) in [7, 11) is 1.56. The number of benzene rings is 1. The summed E-state index contributed by atoms with van der Waals surface area (Å²) in [6, 6.07) is 5.12. The molecule has 0 aliphatic rings. The Morgan fingerprint density at radius 3 is 2.71 bits per heavy atom. The van der Waals surface area contributed by atoms with Crippen molar-refractivity contribution in [3.05, 3.63) is 29.6 Å². The third-order valence-corrected chi connectivity index (χ3v) is 4.40. The zero-order chi connectivity index (χ0) is 17.5.